The highest BCUT2D eigenvalue weighted by Gasteiger charge is 2.24. The molecule has 0 bridgehead atoms. The van der Waals surface area contributed by atoms with Gasteiger partial charge in [0, 0.05) is 26.7 Å². The number of benzene rings is 1. The van der Waals surface area contributed by atoms with Crippen molar-refractivity contribution in [2.45, 2.75) is 6.10 Å². The quantitative estimate of drug-likeness (QED) is 0.648. The highest BCUT2D eigenvalue weighted by Crippen LogP contribution is 2.30. The van der Waals surface area contributed by atoms with Crippen molar-refractivity contribution in [3.05, 3.63) is 33.9 Å². The highest BCUT2D eigenvalue weighted by atomic mass is 16.6. The predicted octanol–water partition coefficient (Wildman–Crippen LogP) is 0.891. The van der Waals surface area contributed by atoms with Crippen molar-refractivity contribution in [2.75, 3.05) is 38.2 Å². The Labute approximate surface area is 116 Å². The Balaban J connectivity index is 2.22. The summed E-state index contributed by atoms with van der Waals surface area (Å²) in [4.78, 5) is 12.4. The summed E-state index contributed by atoms with van der Waals surface area (Å²) < 4.78 is 5.59. The SMILES string of the molecule is CN(CC1CNCCO1)c1cccc(C#N)c1[N+](=O)[O-]. The predicted molar refractivity (Wildman–Crippen MR) is 73.7 cm³/mol. The molecule has 1 aliphatic rings. The van der Waals surface area contributed by atoms with Gasteiger partial charge in [0.15, 0.2) is 0 Å². The Morgan fingerprint density at radius 3 is 3.05 bits per heavy atom. The molecule has 1 N–H and O–H groups in total. The third-order valence-corrected chi connectivity index (χ3v) is 3.21. The van der Waals surface area contributed by atoms with Gasteiger partial charge in [-0.15, -0.1) is 0 Å². The number of morpholine rings is 1. The van der Waals surface area contributed by atoms with Gasteiger partial charge in [0.1, 0.15) is 17.3 Å². The Morgan fingerprint density at radius 1 is 1.65 bits per heavy atom. The number of nitrogens with one attached hydrogen (secondary N) is 1. The Morgan fingerprint density at radius 2 is 2.45 bits per heavy atom. The number of para-hydroxylation sites is 1. The van der Waals surface area contributed by atoms with Crippen LogP contribution in [0.3, 0.4) is 0 Å². The molecule has 7 nitrogen and oxygen atoms in total. The lowest BCUT2D eigenvalue weighted by atomic mass is 10.1. The van der Waals surface area contributed by atoms with E-state index < -0.39 is 4.92 Å². The fraction of sp³-hybridized carbons (Fsp3) is 0.462. The van der Waals surface area contributed by atoms with Crippen molar-refractivity contribution in [1.82, 2.24) is 5.32 Å². The van der Waals surface area contributed by atoms with Crippen LogP contribution in [0.15, 0.2) is 18.2 Å². The molecule has 0 amide bonds. The van der Waals surface area contributed by atoms with E-state index in [1.165, 1.54) is 6.07 Å². The number of hydrogen-bond acceptors (Lipinski definition) is 6. The molecule has 1 unspecified atom stereocenters. The summed E-state index contributed by atoms with van der Waals surface area (Å²) in [6, 6.07) is 6.61. The van der Waals surface area contributed by atoms with Gasteiger partial charge < -0.3 is 15.0 Å². The van der Waals surface area contributed by atoms with Gasteiger partial charge in [-0.1, -0.05) is 6.07 Å². The molecule has 1 fully saturated rings. The molecule has 1 saturated heterocycles. The van der Waals surface area contributed by atoms with Gasteiger partial charge in [-0.2, -0.15) is 5.26 Å². The van der Waals surface area contributed by atoms with Crippen molar-refractivity contribution in [3.8, 4) is 6.07 Å². The summed E-state index contributed by atoms with van der Waals surface area (Å²) in [5.41, 5.74) is 0.353. The zero-order chi connectivity index (χ0) is 14.5. The average molecular weight is 276 g/mol. The zero-order valence-corrected chi connectivity index (χ0v) is 11.2. The molecule has 1 atom stereocenters. The Kier molecular flexibility index (Phi) is 4.50. The molecule has 7 heteroatoms. The van der Waals surface area contributed by atoms with E-state index in [0.717, 1.165) is 13.1 Å². The lowest BCUT2D eigenvalue weighted by Gasteiger charge is -2.29. The molecule has 1 aromatic rings. The maximum Gasteiger partial charge on any atom is 0.310 e. The molecule has 0 aromatic heterocycles. The topological polar surface area (TPSA) is 91.4 Å². The lowest BCUT2D eigenvalue weighted by Crippen LogP contribution is -2.44. The van der Waals surface area contributed by atoms with Crippen LogP contribution < -0.4 is 10.2 Å². The second kappa shape index (κ2) is 6.32. The smallest absolute Gasteiger partial charge is 0.310 e. The van der Waals surface area contributed by atoms with Crippen molar-refractivity contribution >= 4 is 11.4 Å². The van der Waals surface area contributed by atoms with E-state index in [-0.39, 0.29) is 17.4 Å². The average Bonchev–Trinajstić information content (AvgIpc) is 2.47. The molecule has 106 valence electrons. The van der Waals surface area contributed by atoms with Crippen LogP contribution in [0, 0.1) is 21.4 Å². The van der Waals surface area contributed by atoms with Gasteiger partial charge in [0.25, 0.3) is 0 Å². The Hall–Kier alpha value is -2.17. The van der Waals surface area contributed by atoms with E-state index >= 15 is 0 Å². The summed E-state index contributed by atoms with van der Waals surface area (Å²) in [7, 11) is 1.77. The fourth-order valence-corrected chi connectivity index (χ4v) is 2.26. The third-order valence-electron chi connectivity index (χ3n) is 3.21. The number of nitriles is 1. The molecule has 0 aliphatic carbocycles. The summed E-state index contributed by atoms with van der Waals surface area (Å²) in [5, 5.41) is 23.4. The van der Waals surface area contributed by atoms with E-state index in [2.05, 4.69) is 5.32 Å². The van der Waals surface area contributed by atoms with Gasteiger partial charge in [0.05, 0.1) is 17.6 Å². The van der Waals surface area contributed by atoms with E-state index in [1.807, 2.05) is 6.07 Å². The first-order chi connectivity index (χ1) is 9.63. The number of hydrogen-bond donors (Lipinski definition) is 1. The van der Waals surface area contributed by atoms with Crippen molar-refractivity contribution in [3.63, 3.8) is 0 Å². The van der Waals surface area contributed by atoms with Crippen LogP contribution in [0.1, 0.15) is 5.56 Å². The molecule has 1 aromatic carbocycles. The molecule has 0 spiro atoms. The molecule has 0 radical (unpaired) electrons. The summed E-state index contributed by atoms with van der Waals surface area (Å²) in [5.74, 6) is 0. The molecular formula is C13H16N4O3. The van der Waals surface area contributed by atoms with Crippen LogP contribution in [0.4, 0.5) is 11.4 Å². The minimum absolute atomic E-state index is 0.0147. The number of nitro benzene ring substituents is 1. The molecule has 0 saturated carbocycles. The van der Waals surface area contributed by atoms with E-state index in [9.17, 15) is 10.1 Å². The van der Waals surface area contributed by atoms with Crippen LogP contribution in [-0.2, 0) is 4.74 Å². The highest BCUT2D eigenvalue weighted by molar-refractivity contribution is 5.69. The summed E-state index contributed by atoms with van der Waals surface area (Å²) in [6.07, 6.45) is -0.0147. The minimum Gasteiger partial charge on any atom is -0.374 e. The van der Waals surface area contributed by atoms with Gasteiger partial charge in [0.2, 0.25) is 0 Å². The molecule has 1 aliphatic heterocycles. The van der Waals surface area contributed by atoms with Gasteiger partial charge in [-0.3, -0.25) is 10.1 Å². The number of rotatable bonds is 4. The van der Waals surface area contributed by atoms with Crippen LogP contribution in [-0.4, -0.2) is 44.3 Å². The van der Waals surface area contributed by atoms with Crippen LogP contribution in [0.2, 0.25) is 0 Å². The van der Waals surface area contributed by atoms with Crippen LogP contribution >= 0.6 is 0 Å². The van der Waals surface area contributed by atoms with Crippen molar-refractivity contribution in [1.29, 1.82) is 5.26 Å². The Bertz CT molecular complexity index is 535. The maximum atomic E-state index is 11.2. The van der Waals surface area contributed by atoms with Gasteiger partial charge in [-0.05, 0) is 12.1 Å². The lowest BCUT2D eigenvalue weighted by molar-refractivity contribution is -0.384. The molecule has 20 heavy (non-hydrogen) atoms. The zero-order valence-electron chi connectivity index (χ0n) is 11.2. The maximum absolute atomic E-state index is 11.2. The fourth-order valence-electron chi connectivity index (χ4n) is 2.26. The number of anilines is 1. The normalized spacial score (nSPS) is 18.3. The monoisotopic (exact) mass is 276 g/mol. The minimum atomic E-state index is -0.510. The van der Waals surface area contributed by atoms with E-state index in [1.54, 1.807) is 24.1 Å². The van der Waals surface area contributed by atoms with Crippen LogP contribution in [0.25, 0.3) is 0 Å². The molecule has 2 rings (SSSR count). The van der Waals surface area contributed by atoms with Crippen molar-refractivity contribution in [2.24, 2.45) is 0 Å². The first kappa shape index (κ1) is 14.2. The molecule has 1 heterocycles. The number of likely N-dealkylation sites (N-methyl/N-ethyl adjacent to an activating group) is 1. The van der Waals surface area contributed by atoms with E-state index in [4.69, 9.17) is 10.00 Å². The molecular weight excluding hydrogens is 260 g/mol. The first-order valence-electron chi connectivity index (χ1n) is 6.34. The van der Waals surface area contributed by atoms with E-state index in [0.29, 0.717) is 18.8 Å². The standard InChI is InChI=1S/C13H16N4O3/c1-16(9-11-8-15-5-6-20-11)12-4-2-3-10(7-14)13(12)17(18)19/h2-4,11,15H,5-6,8-9H2,1H3. The summed E-state index contributed by atoms with van der Waals surface area (Å²) >= 11 is 0. The van der Waals surface area contributed by atoms with Crippen LogP contribution in [0.5, 0.6) is 0 Å². The number of nitro groups is 1. The van der Waals surface area contributed by atoms with Gasteiger partial charge >= 0.3 is 5.69 Å². The summed E-state index contributed by atoms with van der Waals surface area (Å²) in [6.45, 7) is 2.71. The second-order valence-corrected chi connectivity index (χ2v) is 4.62. The number of nitrogens with zero attached hydrogens (tertiary/aromatic N) is 3. The van der Waals surface area contributed by atoms with Gasteiger partial charge in [-0.25, -0.2) is 0 Å². The van der Waals surface area contributed by atoms with Crippen molar-refractivity contribution < 1.29 is 9.66 Å². The second-order valence-electron chi connectivity index (χ2n) is 4.62. The first-order valence-corrected chi connectivity index (χ1v) is 6.34. The number of ether oxygens (including phenoxy) is 1. The third kappa shape index (κ3) is 3.04. The largest absolute Gasteiger partial charge is 0.374 e.